The molecule has 0 amide bonds. The zero-order valence-corrected chi connectivity index (χ0v) is 13.9. The third-order valence-electron chi connectivity index (χ3n) is 5.03. The van der Waals surface area contributed by atoms with Gasteiger partial charge in [0.2, 0.25) is 0 Å². The van der Waals surface area contributed by atoms with Gasteiger partial charge in [-0.25, -0.2) is 8.42 Å². The van der Waals surface area contributed by atoms with Crippen LogP contribution in [-0.4, -0.2) is 44.2 Å². The summed E-state index contributed by atoms with van der Waals surface area (Å²) in [7, 11) is -3.03. The number of hydrogen-bond acceptors (Lipinski definition) is 4. The first kappa shape index (κ1) is 16.2. The highest BCUT2D eigenvalue weighted by Gasteiger charge is 2.40. The van der Waals surface area contributed by atoms with E-state index in [4.69, 9.17) is 4.74 Å². The van der Waals surface area contributed by atoms with Crippen LogP contribution in [0.2, 0.25) is 0 Å². The Morgan fingerprint density at radius 1 is 1.20 bits per heavy atom. The first-order valence-corrected chi connectivity index (χ1v) is 9.71. The number of sulfone groups is 1. The number of ether oxygens (including phenoxy) is 1. The SMILES string of the molecule is CC(C)(CNCC1CCC2(CCCCC2)O1)S(C)(=O)=O. The lowest BCUT2D eigenvalue weighted by Crippen LogP contribution is -2.44. The summed E-state index contributed by atoms with van der Waals surface area (Å²) in [6, 6.07) is 0. The molecule has 1 aliphatic heterocycles. The van der Waals surface area contributed by atoms with E-state index in [1.54, 1.807) is 13.8 Å². The van der Waals surface area contributed by atoms with Gasteiger partial charge in [-0.3, -0.25) is 0 Å². The van der Waals surface area contributed by atoms with Crippen molar-refractivity contribution in [3.8, 4) is 0 Å². The second-order valence-corrected chi connectivity index (χ2v) is 9.83. The Kier molecular flexibility index (Phi) is 4.82. The topological polar surface area (TPSA) is 55.4 Å². The summed E-state index contributed by atoms with van der Waals surface area (Å²) in [6.45, 7) is 4.79. The Bertz CT molecular complexity index is 424. The van der Waals surface area contributed by atoms with Crippen LogP contribution in [0.5, 0.6) is 0 Å². The minimum Gasteiger partial charge on any atom is -0.370 e. The van der Waals surface area contributed by atoms with E-state index in [9.17, 15) is 8.42 Å². The first-order valence-electron chi connectivity index (χ1n) is 7.82. The lowest BCUT2D eigenvalue weighted by Gasteiger charge is -2.33. The van der Waals surface area contributed by atoms with E-state index in [0.717, 1.165) is 13.0 Å². The smallest absolute Gasteiger partial charge is 0.153 e. The van der Waals surface area contributed by atoms with Crippen LogP contribution >= 0.6 is 0 Å². The Morgan fingerprint density at radius 3 is 2.45 bits per heavy atom. The number of nitrogens with one attached hydrogen (secondary N) is 1. The standard InChI is InChI=1S/C15H29NO3S/c1-14(2,20(3,17)18)12-16-11-13-7-10-15(19-13)8-5-4-6-9-15/h13,16H,4-12H2,1-3H3. The molecule has 1 heterocycles. The van der Waals surface area contributed by atoms with E-state index in [2.05, 4.69) is 5.32 Å². The van der Waals surface area contributed by atoms with Gasteiger partial charge >= 0.3 is 0 Å². The third kappa shape index (κ3) is 3.74. The van der Waals surface area contributed by atoms with Crippen LogP contribution in [0.1, 0.15) is 58.8 Å². The molecule has 1 saturated carbocycles. The van der Waals surface area contributed by atoms with Gasteiger partial charge in [-0.15, -0.1) is 0 Å². The van der Waals surface area contributed by atoms with Gasteiger partial charge in [0.25, 0.3) is 0 Å². The minimum atomic E-state index is -3.03. The van der Waals surface area contributed by atoms with E-state index < -0.39 is 14.6 Å². The minimum absolute atomic E-state index is 0.150. The summed E-state index contributed by atoms with van der Waals surface area (Å²) in [6.07, 6.45) is 10.2. The van der Waals surface area contributed by atoms with Crippen LogP contribution in [0.3, 0.4) is 0 Å². The van der Waals surface area contributed by atoms with Crippen LogP contribution < -0.4 is 5.32 Å². The van der Waals surface area contributed by atoms with Crippen LogP contribution in [0.4, 0.5) is 0 Å². The Balaban J connectivity index is 1.76. The first-order chi connectivity index (χ1) is 9.24. The molecule has 1 unspecified atom stereocenters. The maximum Gasteiger partial charge on any atom is 0.153 e. The molecule has 0 radical (unpaired) electrons. The van der Waals surface area contributed by atoms with Crippen molar-refractivity contribution in [1.82, 2.24) is 5.32 Å². The molecule has 118 valence electrons. The van der Waals surface area contributed by atoms with E-state index in [0.29, 0.717) is 6.54 Å². The summed E-state index contributed by atoms with van der Waals surface area (Å²) in [4.78, 5) is 0. The summed E-state index contributed by atoms with van der Waals surface area (Å²) in [5, 5.41) is 3.29. The molecule has 1 spiro atoms. The zero-order valence-electron chi connectivity index (χ0n) is 13.1. The van der Waals surface area contributed by atoms with E-state index in [-0.39, 0.29) is 11.7 Å². The van der Waals surface area contributed by atoms with Crippen molar-refractivity contribution in [2.24, 2.45) is 0 Å². The van der Waals surface area contributed by atoms with E-state index in [1.807, 2.05) is 0 Å². The summed E-state index contributed by atoms with van der Waals surface area (Å²) >= 11 is 0. The second kappa shape index (κ2) is 5.93. The van der Waals surface area contributed by atoms with Crippen molar-refractivity contribution in [3.63, 3.8) is 0 Å². The Labute approximate surface area is 123 Å². The van der Waals surface area contributed by atoms with Crippen LogP contribution in [0.15, 0.2) is 0 Å². The molecule has 4 nitrogen and oxygen atoms in total. The van der Waals surface area contributed by atoms with Crippen LogP contribution in [-0.2, 0) is 14.6 Å². The molecule has 2 aliphatic rings. The summed E-state index contributed by atoms with van der Waals surface area (Å²) < 4.78 is 28.9. The van der Waals surface area contributed by atoms with Gasteiger partial charge in [-0.05, 0) is 39.5 Å². The molecule has 0 bridgehead atoms. The maximum atomic E-state index is 11.7. The van der Waals surface area contributed by atoms with Crippen molar-refractivity contribution in [2.45, 2.75) is 75.2 Å². The molecule has 20 heavy (non-hydrogen) atoms. The highest BCUT2D eigenvalue weighted by Crippen LogP contribution is 2.41. The molecular weight excluding hydrogens is 274 g/mol. The van der Waals surface area contributed by atoms with Crippen molar-refractivity contribution in [1.29, 1.82) is 0 Å². The summed E-state index contributed by atoms with van der Waals surface area (Å²) in [5.41, 5.74) is 0.150. The molecule has 2 rings (SSSR count). The third-order valence-corrected chi connectivity index (χ3v) is 7.18. The largest absolute Gasteiger partial charge is 0.370 e. The Morgan fingerprint density at radius 2 is 1.85 bits per heavy atom. The van der Waals surface area contributed by atoms with E-state index in [1.165, 1.54) is 44.8 Å². The van der Waals surface area contributed by atoms with Crippen LogP contribution in [0.25, 0.3) is 0 Å². The Hall–Kier alpha value is -0.130. The van der Waals surface area contributed by atoms with Gasteiger partial charge < -0.3 is 10.1 Å². The van der Waals surface area contributed by atoms with Gasteiger partial charge in [0.15, 0.2) is 9.84 Å². The predicted octanol–water partition coefficient (Wildman–Crippen LogP) is 2.28. The fourth-order valence-corrected chi connectivity index (χ4v) is 3.63. The average Bonchev–Trinajstić information content (AvgIpc) is 2.71. The molecular formula is C15H29NO3S. The quantitative estimate of drug-likeness (QED) is 0.846. The van der Waals surface area contributed by atoms with Gasteiger partial charge in [0.1, 0.15) is 0 Å². The predicted molar refractivity (Wildman–Crippen MR) is 81.7 cm³/mol. The molecule has 1 atom stereocenters. The summed E-state index contributed by atoms with van der Waals surface area (Å²) in [5.74, 6) is 0. The fraction of sp³-hybridized carbons (Fsp3) is 1.00. The highest BCUT2D eigenvalue weighted by molar-refractivity contribution is 7.92. The van der Waals surface area contributed by atoms with Crippen LogP contribution in [0, 0.1) is 0 Å². The lowest BCUT2D eigenvalue weighted by atomic mass is 9.83. The van der Waals surface area contributed by atoms with Crippen molar-refractivity contribution in [2.75, 3.05) is 19.3 Å². The van der Waals surface area contributed by atoms with Crippen molar-refractivity contribution >= 4 is 9.84 Å². The molecule has 5 heteroatoms. The molecule has 1 N–H and O–H groups in total. The average molecular weight is 303 g/mol. The van der Waals surface area contributed by atoms with Gasteiger partial charge in [0, 0.05) is 19.3 Å². The van der Waals surface area contributed by atoms with Crippen molar-refractivity contribution < 1.29 is 13.2 Å². The number of rotatable bonds is 5. The lowest BCUT2D eigenvalue weighted by molar-refractivity contribution is -0.0623. The second-order valence-electron chi connectivity index (χ2n) is 7.18. The fourth-order valence-electron chi connectivity index (χ4n) is 3.27. The number of hydrogen-bond donors (Lipinski definition) is 1. The monoisotopic (exact) mass is 303 g/mol. The molecule has 2 fully saturated rings. The van der Waals surface area contributed by atoms with Crippen molar-refractivity contribution in [3.05, 3.63) is 0 Å². The highest BCUT2D eigenvalue weighted by atomic mass is 32.2. The molecule has 1 saturated heterocycles. The van der Waals surface area contributed by atoms with Gasteiger partial charge in [-0.1, -0.05) is 19.3 Å². The molecule has 0 aromatic heterocycles. The van der Waals surface area contributed by atoms with E-state index >= 15 is 0 Å². The molecule has 0 aromatic carbocycles. The zero-order chi connectivity index (χ0) is 14.9. The normalized spacial score (nSPS) is 27.1. The molecule has 1 aliphatic carbocycles. The molecule has 0 aromatic rings. The maximum absolute atomic E-state index is 11.7. The van der Waals surface area contributed by atoms with Gasteiger partial charge in [-0.2, -0.15) is 0 Å². The van der Waals surface area contributed by atoms with Gasteiger partial charge in [0.05, 0.1) is 16.5 Å².